The number of carbonyl (C=O) groups excluding carboxylic acids is 1. The summed E-state index contributed by atoms with van der Waals surface area (Å²) in [6, 6.07) is 0. The predicted octanol–water partition coefficient (Wildman–Crippen LogP) is -1.51. The summed E-state index contributed by atoms with van der Waals surface area (Å²) in [5.74, 6) is -1.56. The van der Waals surface area contributed by atoms with Crippen LogP contribution >= 0.6 is 0 Å². The second kappa shape index (κ2) is 4.27. The third-order valence-corrected chi connectivity index (χ3v) is 1.37. The molecule has 0 fully saturated rings. The Balaban J connectivity index is 0. The second-order valence-corrected chi connectivity index (χ2v) is 2.87. The van der Waals surface area contributed by atoms with Gasteiger partial charge in [0.25, 0.3) is 0 Å². The van der Waals surface area contributed by atoms with E-state index in [1.54, 1.807) is 0 Å². The van der Waals surface area contributed by atoms with Gasteiger partial charge in [0.05, 0.1) is 12.6 Å². The molecule has 5 nitrogen and oxygen atoms in total. The largest absolute Gasteiger partial charge is 0.547 e. The van der Waals surface area contributed by atoms with E-state index in [0.717, 1.165) is 0 Å². The number of aliphatic hydroxyl groups excluding tert-OH is 2. The molecule has 0 aromatic rings. The van der Waals surface area contributed by atoms with Crippen molar-refractivity contribution in [3.8, 4) is 0 Å². The van der Waals surface area contributed by atoms with E-state index in [0.29, 0.717) is 0 Å². The molecule has 0 spiro atoms. The van der Waals surface area contributed by atoms with Crippen molar-refractivity contribution in [3.05, 3.63) is 0 Å². The van der Waals surface area contributed by atoms with Gasteiger partial charge in [0.15, 0.2) is 0 Å². The lowest BCUT2D eigenvalue weighted by molar-refractivity contribution is -0.319. The van der Waals surface area contributed by atoms with Crippen molar-refractivity contribution < 1.29 is 20.1 Å². The Hall–Kier alpha value is -0.650. The summed E-state index contributed by atoms with van der Waals surface area (Å²) in [4.78, 5) is 10.0. The molecule has 0 aliphatic rings. The Bertz CT molecular complexity index is 135. The standard InChI is InChI=1S/C6H12O4.H3N/c1-6(2,3-7)4(8)5(9)10;/h4,7-8H,3H2,1-2H3,(H,9,10);1H3. The average Bonchev–Trinajstić information content (AvgIpc) is 1.86. The number of aliphatic carboxylic acids is 1. The van der Waals surface area contributed by atoms with E-state index in [1.165, 1.54) is 13.8 Å². The van der Waals surface area contributed by atoms with E-state index in [1.807, 2.05) is 0 Å². The van der Waals surface area contributed by atoms with Crippen LogP contribution in [0.4, 0.5) is 0 Å². The van der Waals surface area contributed by atoms with E-state index in [9.17, 15) is 9.90 Å². The van der Waals surface area contributed by atoms with Gasteiger partial charge in [-0.15, -0.1) is 0 Å². The van der Waals surface area contributed by atoms with Gasteiger partial charge in [-0.2, -0.15) is 0 Å². The summed E-state index contributed by atoms with van der Waals surface area (Å²) in [5.41, 5.74) is -1.03. The molecule has 0 aliphatic heterocycles. The summed E-state index contributed by atoms with van der Waals surface area (Å²) in [5, 5.41) is 27.4. The SMILES string of the molecule is CC(C)(CO)C(O)C(=O)[O-].[NH4+]. The normalized spacial score (nSPS) is 13.5. The van der Waals surface area contributed by atoms with E-state index in [4.69, 9.17) is 10.2 Å². The second-order valence-electron chi connectivity index (χ2n) is 2.87. The van der Waals surface area contributed by atoms with Crippen molar-refractivity contribution in [2.75, 3.05) is 6.61 Å². The Morgan fingerprint density at radius 1 is 1.64 bits per heavy atom. The van der Waals surface area contributed by atoms with E-state index in [-0.39, 0.29) is 12.8 Å². The fourth-order valence-electron chi connectivity index (χ4n) is 0.406. The highest BCUT2D eigenvalue weighted by molar-refractivity contribution is 5.70. The molecule has 6 N–H and O–H groups in total. The molecule has 1 unspecified atom stereocenters. The minimum absolute atomic E-state index is 0. The number of carbonyl (C=O) groups is 1. The number of quaternary nitrogens is 1. The number of hydrogen-bond acceptors (Lipinski definition) is 4. The molecule has 0 aromatic heterocycles. The molecule has 1 atom stereocenters. The first-order chi connectivity index (χ1) is 4.41. The first-order valence-corrected chi connectivity index (χ1v) is 2.91. The molecule has 0 radical (unpaired) electrons. The Labute approximate surface area is 65.2 Å². The third-order valence-electron chi connectivity index (χ3n) is 1.37. The summed E-state index contributed by atoms with van der Waals surface area (Å²) in [6.45, 7) is 2.49. The molecule has 0 bridgehead atoms. The molecular weight excluding hydrogens is 150 g/mol. The molecule has 0 aliphatic carbocycles. The summed E-state index contributed by atoms with van der Waals surface area (Å²) in [6.07, 6.45) is -1.61. The van der Waals surface area contributed by atoms with Crippen LogP contribution < -0.4 is 11.3 Å². The number of rotatable bonds is 3. The summed E-state index contributed by atoms with van der Waals surface area (Å²) in [7, 11) is 0. The summed E-state index contributed by atoms with van der Waals surface area (Å²) < 4.78 is 0. The third kappa shape index (κ3) is 3.31. The molecule has 0 saturated heterocycles. The van der Waals surface area contributed by atoms with E-state index in [2.05, 4.69) is 0 Å². The van der Waals surface area contributed by atoms with Crippen LogP contribution in [0.2, 0.25) is 0 Å². The number of hydrogen-bond donors (Lipinski definition) is 3. The van der Waals surface area contributed by atoms with Crippen molar-refractivity contribution in [2.45, 2.75) is 20.0 Å². The first-order valence-electron chi connectivity index (χ1n) is 2.91. The minimum Gasteiger partial charge on any atom is -0.547 e. The fraction of sp³-hybridized carbons (Fsp3) is 0.833. The Morgan fingerprint density at radius 3 is 2.09 bits per heavy atom. The van der Waals surface area contributed by atoms with Crippen LogP contribution in [0.25, 0.3) is 0 Å². The van der Waals surface area contributed by atoms with Crippen molar-refractivity contribution >= 4 is 5.97 Å². The van der Waals surface area contributed by atoms with Gasteiger partial charge < -0.3 is 26.3 Å². The zero-order valence-corrected chi connectivity index (χ0v) is 7.00. The lowest BCUT2D eigenvalue weighted by Gasteiger charge is -2.28. The van der Waals surface area contributed by atoms with Gasteiger partial charge in [0.2, 0.25) is 0 Å². The lowest BCUT2D eigenvalue weighted by atomic mass is 9.88. The molecule has 5 heteroatoms. The van der Waals surface area contributed by atoms with Gasteiger partial charge in [-0.1, -0.05) is 13.8 Å². The Kier molecular flexibility index (Phi) is 5.04. The van der Waals surface area contributed by atoms with Crippen LogP contribution in [-0.4, -0.2) is 28.9 Å². The van der Waals surface area contributed by atoms with Crippen molar-refractivity contribution in [2.24, 2.45) is 5.41 Å². The van der Waals surface area contributed by atoms with E-state index >= 15 is 0 Å². The number of carboxylic acids is 1. The molecule has 68 valence electrons. The quantitative estimate of drug-likeness (QED) is 0.471. The molecule has 0 rings (SSSR count). The smallest absolute Gasteiger partial charge is 0.101 e. The highest BCUT2D eigenvalue weighted by Crippen LogP contribution is 2.18. The highest BCUT2D eigenvalue weighted by atomic mass is 16.4. The van der Waals surface area contributed by atoms with Gasteiger partial charge >= 0.3 is 0 Å². The van der Waals surface area contributed by atoms with Crippen LogP contribution in [0.1, 0.15) is 13.8 Å². The van der Waals surface area contributed by atoms with Gasteiger partial charge in [-0.05, 0) is 0 Å². The van der Waals surface area contributed by atoms with Gasteiger partial charge in [0, 0.05) is 5.41 Å². The molecular formula is C6H15NO4. The van der Waals surface area contributed by atoms with Crippen molar-refractivity contribution in [3.63, 3.8) is 0 Å². The van der Waals surface area contributed by atoms with Crippen LogP contribution in [0.5, 0.6) is 0 Å². The molecule has 0 heterocycles. The number of carboxylic acid groups (broad SMARTS) is 1. The van der Waals surface area contributed by atoms with Gasteiger partial charge in [0.1, 0.15) is 6.10 Å². The Morgan fingerprint density at radius 2 is 2.00 bits per heavy atom. The monoisotopic (exact) mass is 165 g/mol. The lowest BCUT2D eigenvalue weighted by Crippen LogP contribution is -2.46. The summed E-state index contributed by atoms with van der Waals surface area (Å²) >= 11 is 0. The van der Waals surface area contributed by atoms with Crippen LogP contribution in [0.15, 0.2) is 0 Å². The zero-order chi connectivity index (χ0) is 8.36. The topological polar surface area (TPSA) is 117 Å². The van der Waals surface area contributed by atoms with Crippen LogP contribution in [0, 0.1) is 5.41 Å². The number of aliphatic hydroxyl groups is 2. The first kappa shape index (κ1) is 13.0. The van der Waals surface area contributed by atoms with Crippen LogP contribution in [-0.2, 0) is 4.79 Å². The molecule has 0 saturated carbocycles. The van der Waals surface area contributed by atoms with Gasteiger partial charge in [-0.3, -0.25) is 0 Å². The molecule has 0 aromatic carbocycles. The van der Waals surface area contributed by atoms with Crippen molar-refractivity contribution in [1.82, 2.24) is 6.15 Å². The molecule has 0 amide bonds. The molecule has 11 heavy (non-hydrogen) atoms. The average molecular weight is 165 g/mol. The van der Waals surface area contributed by atoms with Crippen molar-refractivity contribution in [1.29, 1.82) is 0 Å². The van der Waals surface area contributed by atoms with Crippen LogP contribution in [0.3, 0.4) is 0 Å². The van der Waals surface area contributed by atoms with Gasteiger partial charge in [-0.25, -0.2) is 0 Å². The van der Waals surface area contributed by atoms with E-state index < -0.39 is 17.5 Å². The fourth-order valence-corrected chi connectivity index (χ4v) is 0.406. The maximum Gasteiger partial charge on any atom is 0.101 e. The highest BCUT2D eigenvalue weighted by Gasteiger charge is 2.27. The zero-order valence-electron chi connectivity index (χ0n) is 7.00. The minimum atomic E-state index is -1.61. The maximum absolute atomic E-state index is 10.0. The maximum atomic E-state index is 10.0. The predicted molar refractivity (Wildman–Crippen MR) is 37.9 cm³/mol.